The molecule has 0 aliphatic heterocycles. The summed E-state index contributed by atoms with van der Waals surface area (Å²) in [5, 5.41) is 0. The van der Waals surface area contributed by atoms with Crippen molar-refractivity contribution in [3.8, 4) is 5.69 Å². The molecule has 1 aromatic carbocycles. The molecule has 0 aliphatic carbocycles. The minimum absolute atomic E-state index is 0.266. The lowest BCUT2D eigenvalue weighted by atomic mass is 10.3. The van der Waals surface area contributed by atoms with Crippen LogP contribution in [0, 0.1) is 0 Å². The van der Waals surface area contributed by atoms with Crippen LogP contribution in [-0.2, 0) is 13.6 Å². The van der Waals surface area contributed by atoms with Crippen LogP contribution >= 0.6 is 0 Å². The Morgan fingerprint density at radius 1 is 1.06 bits per heavy atom. The highest BCUT2D eigenvalue weighted by Crippen LogP contribution is 2.03. The third kappa shape index (κ3) is 2.03. The van der Waals surface area contributed by atoms with Gasteiger partial charge in [0.1, 0.15) is 0 Å². The molecule has 18 heavy (non-hydrogen) atoms. The Bertz CT molecular complexity index is 634. The zero-order valence-corrected chi connectivity index (χ0v) is 10.7. The summed E-state index contributed by atoms with van der Waals surface area (Å²) in [6.45, 7) is 2.61. The molecule has 5 nitrogen and oxygen atoms in total. The topological polar surface area (TPSA) is 48.9 Å². The van der Waals surface area contributed by atoms with E-state index in [1.807, 2.05) is 30.3 Å². The molecule has 0 radical (unpaired) electrons. The number of aromatic nitrogens is 3. The first-order valence-electron chi connectivity index (χ1n) is 6.11. The third-order valence-electron chi connectivity index (χ3n) is 2.94. The van der Waals surface area contributed by atoms with Gasteiger partial charge in [0.15, 0.2) is 0 Å². The van der Waals surface area contributed by atoms with Gasteiger partial charge in [-0.1, -0.05) is 31.5 Å². The summed E-state index contributed by atoms with van der Waals surface area (Å²) in [4.78, 5) is 24.1. The number of unbranched alkanes of at least 4 members (excludes halogenated alkanes) is 1. The van der Waals surface area contributed by atoms with Crippen LogP contribution in [0.15, 0.2) is 39.9 Å². The third-order valence-corrected chi connectivity index (χ3v) is 2.94. The molecule has 1 heterocycles. The standard InChI is InChI=1S/C13H17N3O2/c1-3-4-10-15-12(17)14(2)13(18)16(15)11-8-6-5-7-9-11/h5-9H,3-4,10H2,1-2H3. The Kier molecular flexibility index (Phi) is 3.50. The van der Waals surface area contributed by atoms with E-state index in [-0.39, 0.29) is 11.4 Å². The van der Waals surface area contributed by atoms with Gasteiger partial charge in [0.25, 0.3) is 0 Å². The largest absolute Gasteiger partial charge is 0.351 e. The van der Waals surface area contributed by atoms with E-state index in [1.54, 1.807) is 0 Å². The summed E-state index contributed by atoms with van der Waals surface area (Å²) in [6, 6.07) is 9.23. The van der Waals surface area contributed by atoms with Crippen molar-refractivity contribution in [2.75, 3.05) is 0 Å². The van der Waals surface area contributed by atoms with E-state index >= 15 is 0 Å². The highest BCUT2D eigenvalue weighted by atomic mass is 16.2. The van der Waals surface area contributed by atoms with E-state index < -0.39 is 0 Å². The Morgan fingerprint density at radius 2 is 1.72 bits per heavy atom. The predicted octanol–water partition coefficient (Wildman–Crippen LogP) is 1.14. The van der Waals surface area contributed by atoms with Crippen molar-refractivity contribution in [2.45, 2.75) is 26.3 Å². The molecule has 0 atom stereocenters. The van der Waals surface area contributed by atoms with Gasteiger partial charge in [-0.15, -0.1) is 0 Å². The fraction of sp³-hybridized carbons (Fsp3) is 0.385. The van der Waals surface area contributed by atoms with Crippen molar-refractivity contribution in [1.82, 2.24) is 13.9 Å². The zero-order chi connectivity index (χ0) is 13.1. The molecule has 5 heteroatoms. The molecule has 2 rings (SSSR count). The van der Waals surface area contributed by atoms with Crippen LogP contribution in [0.25, 0.3) is 5.69 Å². The van der Waals surface area contributed by atoms with Gasteiger partial charge in [-0.3, -0.25) is 0 Å². The molecule has 0 amide bonds. The average Bonchev–Trinajstić information content (AvgIpc) is 2.62. The van der Waals surface area contributed by atoms with Crippen LogP contribution in [-0.4, -0.2) is 13.9 Å². The fourth-order valence-corrected chi connectivity index (χ4v) is 1.91. The Morgan fingerprint density at radius 3 is 2.33 bits per heavy atom. The van der Waals surface area contributed by atoms with Crippen LogP contribution in [0.2, 0.25) is 0 Å². The van der Waals surface area contributed by atoms with Crippen molar-refractivity contribution in [3.05, 3.63) is 51.3 Å². The fourth-order valence-electron chi connectivity index (χ4n) is 1.91. The molecular weight excluding hydrogens is 230 g/mol. The van der Waals surface area contributed by atoms with Crippen LogP contribution < -0.4 is 11.4 Å². The van der Waals surface area contributed by atoms with Crippen molar-refractivity contribution in [2.24, 2.45) is 7.05 Å². The van der Waals surface area contributed by atoms with Gasteiger partial charge in [-0.25, -0.2) is 18.8 Å². The molecule has 0 unspecified atom stereocenters. The quantitative estimate of drug-likeness (QED) is 0.813. The first-order chi connectivity index (χ1) is 8.66. The van der Waals surface area contributed by atoms with E-state index in [2.05, 4.69) is 6.92 Å². The number of hydrogen-bond acceptors (Lipinski definition) is 2. The zero-order valence-electron chi connectivity index (χ0n) is 10.7. The second kappa shape index (κ2) is 5.08. The van der Waals surface area contributed by atoms with Gasteiger partial charge in [0, 0.05) is 13.6 Å². The lowest BCUT2D eigenvalue weighted by molar-refractivity contribution is 0.501. The molecule has 0 spiro atoms. The minimum Gasteiger partial charge on any atom is -0.246 e. The normalized spacial score (nSPS) is 10.8. The summed E-state index contributed by atoms with van der Waals surface area (Å²) in [5.41, 5.74) is 0.149. The van der Waals surface area contributed by atoms with E-state index in [4.69, 9.17) is 0 Å². The molecule has 0 saturated carbocycles. The lowest BCUT2D eigenvalue weighted by Crippen LogP contribution is -2.26. The number of benzene rings is 1. The molecule has 1 aromatic heterocycles. The van der Waals surface area contributed by atoms with Gasteiger partial charge >= 0.3 is 11.4 Å². The predicted molar refractivity (Wildman–Crippen MR) is 70.2 cm³/mol. The second-order valence-electron chi connectivity index (χ2n) is 4.25. The molecule has 0 aliphatic rings. The first-order valence-corrected chi connectivity index (χ1v) is 6.11. The van der Waals surface area contributed by atoms with Crippen molar-refractivity contribution < 1.29 is 0 Å². The highest BCUT2D eigenvalue weighted by Gasteiger charge is 2.13. The van der Waals surface area contributed by atoms with E-state index in [1.165, 1.54) is 16.4 Å². The second-order valence-corrected chi connectivity index (χ2v) is 4.25. The van der Waals surface area contributed by atoms with Crippen LogP contribution in [0.5, 0.6) is 0 Å². The molecule has 0 N–H and O–H groups in total. The average molecular weight is 247 g/mol. The van der Waals surface area contributed by atoms with Gasteiger partial charge in [0.2, 0.25) is 0 Å². The number of hydrogen-bond donors (Lipinski definition) is 0. The first kappa shape index (κ1) is 12.4. The van der Waals surface area contributed by atoms with Crippen molar-refractivity contribution in [1.29, 1.82) is 0 Å². The number of rotatable bonds is 4. The van der Waals surface area contributed by atoms with Gasteiger partial charge in [-0.05, 0) is 18.6 Å². The summed E-state index contributed by atoms with van der Waals surface area (Å²) < 4.78 is 4.09. The van der Waals surface area contributed by atoms with Gasteiger partial charge in [0.05, 0.1) is 5.69 Å². The summed E-state index contributed by atoms with van der Waals surface area (Å²) in [6.07, 6.45) is 1.85. The smallest absolute Gasteiger partial charge is 0.246 e. The minimum atomic E-state index is -0.303. The molecule has 0 bridgehead atoms. The summed E-state index contributed by atoms with van der Waals surface area (Å²) in [5.74, 6) is 0. The van der Waals surface area contributed by atoms with Crippen LogP contribution in [0.1, 0.15) is 19.8 Å². The lowest BCUT2D eigenvalue weighted by Gasteiger charge is -2.08. The van der Waals surface area contributed by atoms with Gasteiger partial charge < -0.3 is 0 Å². The van der Waals surface area contributed by atoms with Crippen molar-refractivity contribution >= 4 is 0 Å². The Balaban J connectivity index is 2.62. The monoisotopic (exact) mass is 247 g/mol. The van der Waals surface area contributed by atoms with Crippen LogP contribution in [0.4, 0.5) is 0 Å². The maximum atomic E-state index is 12.1. The number of nitrogens with zero attached hydrogens (tertiary/aromatic N) is 3. The molecule has 2 aromatic rings. The molecule has 0 saturated heterocycles. The maximum absolute atomic E-state index is 12.1. The Hall–Kier alpha value is -2.04. The van der Waals surface area contributed by atoms with Crippen molar-refractivity contribution in [3.63, 3.8) is 0 Å². The summed E-state index contributed by atoms with van der Waals surface area (Å²) >= 11 is 0. The number of para-hydroxylation sites is 1. The molecule has 0 fully saturated rings. The van der Waals surface area contributed by atoms with Gasteiger partial charge in [-0.2, -0.15) is 4.68 Å². The van der Waals surface area contributed by atoms with E-state index in [0.717, 1.165) is 23.1 Å². The molecular formula is C13H17N3O2. The van der Waals surface area contributed by atoms with E-state index in [9.17, 15) is 9.59 Å². The molecule has 96 valence electrons. The SMILES string of the molecule is CCCCn1c(=O)n(C)c(=O)n1-c1ccccc1. The Labute approximate surface area is 105 Å². The maximum Gasteiger partial charge on any atom is 0.351 e. The van der Waals surface area contributed by atoms with E-state index in [0.29, 0.717) is 6.54 Å². The van der Waals surface area contributed by atoms with Crippen LogP contribution in [0.3, 0.4) is 0 Å². The summed E-state index contributed by atoms with van der Waals surface area (Å²) in [7, 11) is 1.51. The highest BCUT2D eigenvalue weighted by molar-refractivity contribution is 5.29.